The second kappa shape index (κ2) is 6.17. The maximum absolute atomic E-state index is 5.24. The molecule has 1 aliphatic heterocycles. The van der Waals surface area contributed by atoms with Crippen molar-refractivity contribution in [2.24, 2.45) is 0 Å². The minimum atomic E-state index is 0.478. The Morgan fingerprint density at radius 1 is 1.55 bits per heavy atom. The van der Waals surface area contributed by atoms with Crippen molar-refractivity contribution in [3.05, 3.63) is 0 Å². The first-order chi connectivity index (χ1) is 5.43. The molecule has 4 heteroatoms. The molecule has 0 spiro atoms. The summed E-state index contributed by atoms with van der Waals surface area (Å²) in [6, 6.07) is 0. The molecule has 0 amide bonds. The summed E-state index contributed by atoms with van der Waals surface area (Å²) in [6.45, 7) is 3.11. The van der Waals surface area contributed by atoms with Gasteiger partial charge in [0, 0.05) is 35.6 Å². The highest BCUT2D eigenvalue weighted by molar-refractivity contribution is 8.07. The van der Waals surface area contributed by atoms with Crippen molar-refractivity contribution < 1.29 is 8.37 Å². The molecule has 0 N–H and O–H groups in total. The minimum absolute atomic E-state index is 0.478. The van der Waals surface area contributed by atoms with Gasteiger partial charge in [-0.3, -0.25) is 0 Å². The molecule has 0 bridgehead atoms. The van der Waals surface area contributed by atoms with Gasteiger partial charge in [0.2, 0.25) is 0 Å². The van der Waals surface area contributed by atoms with E-state index in [9.17, 15) is 0 Å². The lowest BCUT2D eigenvalue weighted by atomic mass is 10.4. The van der Waals surface area contributed by atoms with Crippen LogP contribution < -0.4 is 0 Å². The first-order valence-electron chi connectivity index (χ1n) is 3.96. The van der Waals surface area contributed by atoms with E-state index in [2.05, 4.69) is 6.92 Å². The van der Waals surface area contributed by atoms with E-state index in [1.807, 2.05) is 0 Å². The molecule has 0 saturated carbocycles. The number of ether oxygens (including phenoxy) is 1. The maximum Gasteiger partial charge on any atom is 0.0922 e. The third-order valence-corrected chi connectivity index (χ3v) is 3.07. The van der Waals surface area contributed by atoms with Crippen molar-refractivity contribution in [3.8, 4) is 0 Å². The first kappa shape index (κ1) is 9.71. The lowest BCUT2D eigenvalue weighted by molar-refractivity contribution is 0.425. The third kappa shape index (κ3) is 5.84. The van der Waals surface area contributed by atoms with Crippen LogP contribution in [0.2, 0.25) is 0 Å². The van der Waals surface area contributed by atoms with Gasteiger partial charge < -0.3 is 4.74 Å². The van der Waals surface area contributed by atoms with Gasteiger partial charge >= 0.3 is 0 Å². The van der Waals surface area contributed by atoms with E-state index in [1.165, 1.54) is 24.9 Å². The predicted octanol–water partition coefficient (Wildman–Crippen LogP) is 2.50. The summed E-state index contributed by atoms with van der Waals surface area (Å²) in [6.07, 6.45) is 2.96. The number of hydrogen-bond acceptors (Lipinski definition) is 4. The van der Waals surface area contributed by atoms with Crippen LogP contribution in [0.4, 0.5) is 0 Å². The van der Waals surface area contributed by atoms with Crippen molar-refractivity contribution in [2.45, 2.75) is 25.9 Å². The van der Waals surface area contributed by atoms with Gasteiger partial charge in [-0.1, -0.05) is 13.3 Å². The van der Waals surface area contributed by atoms with Gasteiger partial charge in [0.15, 0.2) is 0 Å². The third-order valence-electron chi connectivity index (χ3n) is 1.33. The quantitative estimate of drug-likeness (QED) is 0.352. The molecule has 1 heterocycles. The highest BCUT2D eigenvalue weighted by Gasteiger charge is 2.22. The Morgan fingerprint density at radius 2 is 2.36 bits per heavy atom. The molecule has 1 saturated heterocycles. The van der Waals surface area contributed by atoms with Crippen molar-refractivity contribution in [1.82, 2.24) is 0 Å². The van der Waals surface area contributed by atoms with E-state index >= 15 is 0 Å². The fraction of sp³-hybridized carbons (Fsp3) is 1.00. The van der Waals surface area contributed by atoms with Crippen LogP contribution in [-0.4, -0.2) is 24.2 Å². The molecule has 0 aliphatic carbocycles. The Bertz CT molecular complexity index is 96.4. The van der Waals surface area contributed by atoms with Gasteiger partial charge in [0.1, 0.15) is 0 Å². The van der Waals surface area contributed by atoms with E-state index in [0.717, 1.165) is 18.1 Å². The van der Waals surface area contributed by atoms with Crippen LogP contribution in [0.15, 0.2) is 0 Å². The first-order valence-corrected chi connectivity index (χ1v) is 5.78. The summed E-state index contributed by atoms with van der Waals surface area (Å²) in [4.78, 5) is 0. The van der Waals surface area contributed by atoms with Crippen molar-refractivity contribution in [1.29, 1.82) is 0 Å². The monoisotopic (exact) mass is 194 g/mol. The van der Waals surface area contributed by atoms with Crippen molar-refractivity contribution in [2.75, 3.05) is 18.1 Å². The Kier molecular flexibility index (Phi) is 5.45. The maximum atomic E-state index is 5.24. The molecule has 1 aliphatic rings. The molecule has 1 atom stereocenters. The number of hydrogen-bond donors (Lipinski definition) is 0. The van der Waals surface area contributed by atoms with Gasteiger partial charge in [0.25, 0.3) is 0 Å². The number of epoxide rings is 1. The Morgan fingerprint density at radius 3 is 3.00 bits per heavy atom. The zero-order chi connectivity index (χ0) is 7.94. The minimum Gasteiger partial charge on any atom is -0.372 e. The summed E-state index contributed by atoms with van der Waals surface area (Å²) < 4.78 is 10.3. The van der Waals surface area contributed by atoms with Gasteiger partial charge in [-0.25, -0.2) is 3.63 Å². The van der Waals surface area contributed by atoms with Crippen LogP contribution in [0.1, 0.15) is 19.8 Å². The number of unbranched alkanes of at least 4 members (excludes halogenated alkanes) is 1. The van der Waals surface area contributed by atoms with E-state index in [1.54, 1.807) is 12.0 Å². The largest absolute Gasteiger partial charge is 0.372 e. The van der Waals surface area contributed by atoms with E-state index in [-0.39, 0.29) is 0 Å². The molecule has 66 valence electrons. The van der Waals surface area contributed by atoms with Crippen LogP contribution in [0.3, 0.4) is 0 Å². The molecule has 0 radical (unpaired) electrons. The van der Waals surface area contributed by atoms with Crippen LogP contribution >= 0.6 is 24.1 Å². The standard InChI is InChI=1S/C7H14O2S2/c1-2-3-4-10-9-11-6-7-5-8-7/h7H,2-6H2,1H3. The predicted molar refractivity (Wildman–Crippen MR) is 50.6 cm³/mol. The summed E-state index contributed by atoms with van der Waals surface area (Å²) in [7, 11) is 0. The molecule has 0 aromatic carbocycles. The van der Waals surface area contributed by atoms with Gasteiger partial charge in [-0.2, -0.15) is 0 Å². The van der Waals surface area contributed by atoms with E-state index in [0.29, 0.717) is 6.10 Å². The normalized spacial score (nSPS) is 22.1. The van der Waals surface area contributed by atoms with E-state index < -0.39 is 0 Å². The molecule has 1 fully saturated rings. The van der Waals surface area contributed by atoms with Crippen LogP contribution in [-0.2, 0) is 8.37 Å². The number of rotatable bonds is 7. The highest BCUT2D eigenvalue weighted by atomic mass is 32.2. The van der Waals surface area contributed by atoms with Crippen LogP contribution in [0, 0.1) is 0 Å². The second-order valence-corrected chi connectivity index (χ2v) is 4.24. The lowest BCUT2D eigenvalue weighted by Crippen LogP contribution is -1.88. The highest BCUT2D eigenvalue weighted by Crippen LogP contribution is 2.21. The van der Waals surface area contributed by atoms with Gasteiger partial charge in [-0.05, 0) is 6.42 Å². The summed E-state index contributed by atoms with van der Waals surface area (Å²) in [5.41, 5.74) is 0. The van der Waals surface area contributed by atoms with Gasteiger partial charge in [0.05, 0.1) is 12.7 Å². The molecule has 0 aromatic rings. The smallest absolute Gasteiger partial charge is 0.0922 e. The molecule has 2 nitrogen and oxygen atoms in total. The Balaban J connectivity index is 1.66. The van der Waals surface area contributed by atoms with E-state index in [4.69, 9.17) is 8.37 Å². The molecule has 0 aromatic heterocycles. The zero-order valence-corrected chi connectivity index (χ0v) is 8.38. The Labute approximate surface area is 76.8 Å². The topological polar surface area (TPSA) is 21.8 Å². The van der Waals surface area contributed by atoms with Crippen molar-refractivity contribution in [3.63, 3.8) is 0 Å². The average Bonchev–Trinajstić information content (AvgIpc) is 2.80. The summed E-state index contributed by atoms with van der Waals surface area (Å²) in [5, 5.41) is 0. The molecular formula is C7H14O2S2. The second-order valence-electron chi connectivity index (χ2n) is 2.48. The van der Waals surface area contributed by atoms with Gasteiger partial charge in [-0.15, -0.1) is 0 Å². The van der Waals surface area contributed by atoms with Crippen LogP contribution in [0.5, 0.6) is 0 Å². The molecule has 11 heavy (non-hydrogen) atoms. The fourth-order valence-electron chi connectivity index (χ4n) is 0.539. The molecule has 1 unspecified atom stereocenters. The lowest BCUT2D eigenvalue weighted by Gasteiger charge is -1.97. The Hall–Kier alpha value is 0.620. The SMILES string of the molecule is CCCCSOSCC1CO1. The summed E-state index contributed by atoms with van der Waals surface area (Å²) in [5.74, 6) is 2.09. The molecular weight excluding hydrogens is 180 g/mol. The van der Waals surface area contributed by atoms with Crippen LogP contribution in [0.25, 0.3) is 0 Å². The average molecular weight is 194 g/mol. The van der Waals surface area contributed by atoms with Crippen molar-refractivity contribution >= 4 is 24.1 Å². The fourth-order valence-corrected chi connectivity index (χ4v) is 2.06. The summed E-state index contributed by atoms with van der Waals surface area (Å²) >= 11 is 3.07. The molecule has 1 rings (SSSR count). The zero-order valence-electron chi connectivity index (χ0n) is 6.75.